The summed E-state index contributed by atoms with van der Waals surface area (Å²) in [6, 6.07) is 0. The number of alkyl halides is 1. The first-order chi connectivity index (χ1) is 7.10. The van der Waals surface area contributed by atoms with Gasteiger partial charge in [0, 0.05) is 0 Å². The number of hydrogen-bond acceptors (Lipinski definition) is 1. The first-order valence-electron chi connectivity index (χ1n) is 5.00. The van der Waals surface area contributed by atoms with Gasteiger partial charge in [0.1, 0.15) is 6.67 Å². The molecule has 1 aliphatic heterocycles. The van der Waals surface area contributed by atoms with Crippen LogP contribution in [0.5, 0.6) is 0 Å². The van der Waals surface area contributed by atoms with Crippen LogP contribution in [0.2, 0.25) is 0 Å². The van der Waals surface area contributed by atoms with Crippen molar-refractivity contribution in [3.63, 3.8) is 0 Å². The summed E-state index contributed by atoms with van der Waals surface area (Å²) in [6.45, 7) is 6.73. The maximum atomic E-state index is 13.7. The third-order valence-corrected chi connectivity index (χ3v) is 2.39. The Morgan fingerprint density at radius 1 is 1.67 bits per heavy atom. The van der Waals surface area contributed by atoms with E-state index in [1.165, 1.54) is 6.92 Å². The fraction of sp³-hybridized carbons (Fsp3) is 0.500. The molecule has 84 valence electrons. The van der Waals surface area contributed by atoms with Crippen molar-refractivity contribution in [3.05, 3.63) is 35.4 Å². The van der Waals surface area contributed by atoms with E-state index in [1.54, 1.807) is 6.08 Å². The third kappa shape index (κ3) is 2.67. The van der Waals surface area contributed by atoms with Crippen LogP contribution < -0.4 is 0 Å². The van der Waals surface area contributed by atoms with Gasteiger partial charge in [0.05, 0.1) is 6.61 Å². The number of allylic oxidation sites excluding steroid dienone is 4. The molecule has 0 saturated carbocycles. The number of hydrogen-bond donors (Lipinski definition) is 0. The van der Waals surface area contributed by atoms with Crippen molar-refractivity contribution in [1.82, 2.24) is 0 Å². The van der Waals surface area contributed by atoms with Gasteiger partial charge in [-0.15, -0.1) is 0 Å². The van der Waals surface area contributed by atoms with E-state index in [1.807, 2.05) is 6.92 Å². The van der Waals surface area contributed by atoms with Gasteiger partial charge in [-0.2, -0.15) is 0 Å². The Morgan fingerprint density at radius 2 is 2.33 bits per heavy atom. The quantitative estimate of drug-likeness (QED) is 0.696. The molecule has 0 aliphatic carbocycles. The predicted octanol–water partition coefficient (Wildman–Crippen LogP) is 3.70. The van der Waals surface area contributed by atoms with E-state index >= 15 is 0 Å². The second-order valence-electron chi connectivity index (χ2n) is 3.91. The molecule has 15 heavy (non-hydrogen) atoms. The van der Waals surface area contributed by atoms with Crippen LogP contribution in [0.4, 0.5) is 8.78 Å². The third-order valence-electron chi connectivity index (χ3n) is 2.39. The summed E-state index contributed by atoms with van der Waals surface area (Å²) in [6.07, 6.45) is 2.31. The van der Waals surface area contributed by atoms with Crippen LogP contribution in [0.3, 0.4) is 0 Å². The monoisotopic (exact) mass is 214 g/mol. The Bertz CT molecular complexity index is 316. The average Bonchev–Trinajstić information content (AvgIpc) is 2.26. The van der Waals surface area contributed by atoms with E-state index in [9.17, 15) is 8.78 Å². The zero-order valence-corrected chi connectivity index (χ0v) is 9.15. The molecule has 0 N–H and O–H groups in total. The van der Waals surface area contributed by atoms with E-state index in [0.29, 0.717) is 12.5 Å². The molecule has 3 heteroatoms. The molecule has 0 radical (unpaired) electrons. The van der Waals surface area contributed by atoms with Gasteiger partial charge >= 0.3 is 0 Å². The van der Waals surface area contributed by atoms with Crippen LogP contribution in [-0.4, -0.2) is 13.3 Å². The molecule has 1 unspecified atom stereocenters. The second-order valence-corrected chi connectivity index (χ2v) is 3.91. The highest BCUT2D eigenvalue weighted by molar-refractivity contribution is 5.35. The van der Waals surface area contributed by atoms with Crippen LogP contribution in [0.15, 0.2) is 35.4 Å². The van der Waals surface area contributed by atoms with Gasteiger partial charge in [-0.1, -0.05) is 19.6 Å². The highest BCUT2D eigenvalue weighted by Crippen LogP contribution is 2.30. The highest BCUT2D eigenvalue weighted by atomic mass is 19.1. The van der Waals surface area contributed by atoms with Crippen LogP contribution in [0, 0.1) is 5.92 Å². The van der Waals surface area contributed by atoms with E-state index < -0.39 is 12.5 Å². The average molecular weight is 214 g/mol. The van der Waals surface area contributed by atoms with Gasteiger partial charge in [0.2, 0.25) is 0 Å². The molecule has 1 atom stereocenters. The van der Waals surface area contributed by atoms with E-state index in [4.69, 9.17) is 4.74 Å². The van der Waals surface area contributed by atoms with Gasteiger partial charge in [-0.05, 0) is 30.4 Å². The molecule has 0 bridgehead atoms. The van der Waals surface area contributed by atoms with Gasteiger partial charge < -0.3 is 4.74 Å². The normalized spacial score (nSPS) is 23.3. The van der Waals surface area contributed by atoms with Crippen LogP contribution >= 0.6 is 0 Å². The number of halogens is 2. The summed E-state index contributed by atoms with van der Waals surface area (Å²) < 4.78 is 31.2. The highest BCUT2D eigenvalue weighted by Gasteiger charge is 2.21. The molecular weight excluding hydrogens is 198 g/mol. The molecule has 0 aromatic carbocycles. The van der Waals surface area contributed by atoms with E-state index in [0.717, 1.165) is 12.0 Å². The van der Waals surface area contributed by atoms with Crippen molar-refractivity contribution in [2.45, 2.75) is 20.3 Å². The molecule has 0 amide bonds. The van der Waals surface area contributed by atoms with Gasteiger partial charge in [0.25, 0.3) is 0 Å². The molecule has 0 fully saturated rings. The Morgan fingerprint density at radius 3 is 2.87 bits per heavy atom. The lowest BCUT2D eigenvalue weighted by molar-refractivity contribution is 0.147. The fourth-order valence-corrected chi connectivity index (χ4v) is 1.48. The molecule has 1 nitrogen and oxygen atoms in total. The molecule has 1 heterocycles. The minimum atomic E-state index is -0.793. The largest absolute Gasteiger partial charge is 0.490 e. The molecule has 0 aromatic heterocycles. The molecule has 1 aliphatic rings. The molecular formula is C12H16F2O. The second kappa shape index (κ2) is 5.10. The summed E-state index contributed by atoms with van der Waals surface area (Å²) in [4.78, 5) is 0. The van der Waals surface area contributed by atoms with Gasteiger partial charge in [0.15, 0.2) is 11.6 Å². The fourth-order valence-electron chi connectivity index (χ4n) is 1.48. The molecule has 1 rings (SSSR count). The first kappa shape index (κ1) is 12.0. The predicted molar refractivity (Wildman–Crippen MR) is 56.7 cm³/mol. The minimum absolute atomic E-state index is 0.0684. The zero-order valence-electron chi connectivity index (χ0n) is 9.15. The first-order valence-corrected chi connectivity index (χ1v) is 5.00. The number of ether oxygens (including phenoxy) is 1. The summed E-state index contributed by atoms with van der Waals surface area (Å²) >= 11 is 0. The lowest BCUT2D eigenvalue weighted by Gasteiger charge is -2.23. The van der Waals surface area contributed by atoms with Crippen molar-refractivity contribution in [2.75, 3.05) is 13.3 Å². The van der Waals surface area contributed by atoms with Gasteiger partial charge in [-0.3, -0.25) is 0 Å². The van der Waals surface area contributed by atoms with E-state index in [-0.39, 0.29) is 11.3 Å². The van der Waals surface area contributed by atoms with Crippen LogP contribution in [0.1, 0.15) is 20.3 Å². The smallest absolute Gasteiger partial charge is 0.166 e. The Hall–Kier alpha value is -1.12. The Labute approximate surface area is 89.1 Å². The number of rotatable bonds is 3. The Balaban J connectivity index is 3.06. The summed E-state index contributed by atoms with van der Waals surface area (Å²) in [5.74, 6) is -0.0715. The topological polar surface area (TPSA) is 9.23 Å². The minimum Gasteiger partial charge on any atom is -0.490 e. The van der Waals surface area contributed by atoms with Crippen molar-refractivity contribution < 1.29 is 13.5 Å². The van der Waals surface area contributed by atoms with Crippen molar-refractivity contribution in [2.24, 2.45) is 5.92 Å². The Kier molecular flexibility index (Phi) is 4.06. The molecule has 0 aromatic rings. The maximum Gasteiger partial charge on any atom is 0.166 e. The van der Waals surface area contributed by atoms with Crippen molar-refractivity contribution in [3.8, 4) is 0 Å². The molecule has 0 saturated heterocycles. The van der Waals surface area contributed by atoms with Gasteiger partial charge in [-0.25, -0.2) is 8.78 Å². The summed E-state index contributed by atoms with van der Waals surface area (Å²) in [5, 5.41) is 0. The SMILES string of the molecule is C=CC1=C(/C(F)=C(/C)CF)OCC(C)C1. The van der Waals surface area contributed by atoms with Crippen LogP contribution in [0.25, 0.3) is 0 Å². The van der Waals surface area contributed by atoms with Crippen molar-refractivity contribution >= 4 is 0 Å². The summed E-state index contributed by atoms with van der Waals surface area (Å²) in [5.41, 5.74) is 0.790. The zero-order chi connectivity index (χ0) is 11.4. The standard InChI is InChI=1S/C12H16F2O/c1-4-10-5-8(2)7-15-12(10)11(14)9(3)6-13/h4,8H,1,5-7H2,2-3H3/b11-9+. The molecule has 0 spiro atoms. The van der Waals surface area contributed by atoms with Crippen molar-refractivity contribution in [1.29, 1.82) is 0 Å². The maximum absolute atomic E-state index is 13.7. The van der Waals surface area contributed by atoms with Crippen LogP contribution in [-0.2, 0) is 4.74 Å². The lowest BCUT2D eigenvalue weighted by atomic mass is 9.97. The lowest BCUT2D eigenvalue weighted by Crippen LogP contribution is -2.15. The van der Waals surface area contributed by atoms with E-state index in [2.05, 4.69) is 6.58 Å². The summed E-state index contributed by atoms with van der Waals surface area (Å²) in [7, 11) is 0.